The standard InChI is InChI=1S/C5H6Cl2O2/c1-2-4(7)9-5(8)3-6/h2,4H,1,3H2. The van der Waals surface area contributed by atoms with E-state index < -0.39 is 11.5 Å². The van der Waals surface area contributed by atoms with Crippen LogP contribution in [-0.2, 0) is 9.53 Å². The number of carbonyl (C=O) groups excluding carboxylic acids is 1. The average molecular weight is 169 g/mol. The number of halogens is 2. The molecule has 0 aliphatic rings. The molecule has 0 aromatic heterocycles. The van der Waals surface area contributed by atoms with Crippen molar-refractivity contribution in [3.63, 3.8) is 0 Å². The SMILES string of the molecule is C=CC(Cl)OC(=O)CCl. The van der Waals surface area contributed by atoms with Crippen molar-refractivity contribution in [1.82, 2.24) is 0 Å². The van der Waals surface area contributed by atoms with Crippen molar-refractivity contribution in [2.24, 2.45) is 0 Å². The molecule has 0 aromatic carbocycles. The number of hydrogen-bond donors (Lipinski definition) is 0. The molecule has 0 saturated carbocycles. The second kappa shape index (κ2) is 4.65. The van der Waals surface area contributed by atoms with Gasteiger partial charge in [0.05, 0.1) is 0 Å². The molecule has 0 rings (SSSR count). The van der Waals surface area contributed by atoms with Gasteiger partial charge < -0.3 is 4.74 Å². The lowest BCUT2D eigenvalue weighted by Crippen LogP contribution is -2.10. The largest absolute Gasteiger partial charge is 0.441 e. The number of esters is 1. The second-order valence-corrected chi connectivity index (χ2v) is 1.91. The van der Waals surface area contributed by atoms with Crippen LogP contribution in [0.3, 0.4) is 0 Å². The van der Waals surface area contributed by atoms with Crippen LogP contribution in [0.5, 0.6) is 0 Å². The molecule has 0 saturated heterocycles. The third-order valence-electron chi connectivity index (χ3n) is 0.538. The van der Waals surface area contributed by atoms with E-state index in [1.165, 1.54) is 6.08 Å². The van der Waals surface area contributed by atoms with Crippen molar-refractivity contribution in [3.05, 3.63) is 12.7 Å². The molecule has 0 amide bonds. The third-order valence-corrected chi connectivity index (χ3v) is 1.02. The van der Waals surface area contributed by atoms with E-state index in [0.29, 0.717) is 0 Å². The van der Waals surface area contributed by atoms with Crippen molar-refractivity contribution in [2.75, 3.05) is 5.88 Å². The predicted octanol–water partition coefficient (Wildman–Crippen LogP) is 1.52. The zero-order valence-corrected chi connectivity index (χ0v) is 6.15. The molecule has 0 radical (unpaired) electrons. The van der Waals surface area contributed by atoms with Crippen LogP contribution in [0.2, 0.25) is 0 Å². The van der Waals surface area contributed by atoms with Crippen LogP contribution in [-0.4, -0.2) is 17.4 Å². The van der Waals surface area contributed by atoms with E-state index in [0.717, 1.165) is 0 Å². The van der Waals surface area contributed by atoms with Crippen LogP contribution < -0.4 is 0 Å². The topological polar surface area (TPSA) is 26.3 Å². The quantitative estimate of drug-likeness (QED) is 0.363. The van der Waals surface area contributed by atoms with E-state index in [-0.39, 0.29) is 5.88 Å². The fourth-order valence-corrected chi connectivity index (χ4v) is 0.368. The molecule has 4 heteroatoms. The summed E-state index contributed by atoms with van der Waals surface area (Å²) in [7, 11) is 0. The first kappa shape index (κ1) is 8.79. The summed E-state index contributed by atoms with van der Waals surface area (Å²) in [6.45, 7) is 3.30. The Morgan fingerprint density at radius 1 is 1.89 bits per heavy atom. The van der Waals surface area contributed by atoms with Crippen LogP contribution >= 0.6 is 23.2 Å². The van der Waals surface area contributed by atoms with Crippen LogP contribution in [0.25, 0.3) is 0 Å². The van der Waals surface area contributed by atoms with Crippen LogP contribution in [0, 0.1) is 0 Å². The molecule has 1 unspecified atom stereocenters. The summed E-state index contributed by atoms with van der Waals surface area (Å²) in [6, 6.07) is 0. The Morgan fingerprint density at radius 2 is 2.44 bits per heavy atom. The number of rotatable bonds is 3. The Balaban J connectivity index is 3.46. The van der Waals surface area contributed by atoms with E-state index in [1.54, 1.807) is 0 Å². The molecule has 52 valence electrons. The van der Waals surface area contributed by atoms with Gasteiger partial charge in [-0.15, -0.1) is 11.6 Å². The maximum absolute atomic E-state index is 10.3. The van der Waals surface area contributed by atoms with Gasteiger partial charge >= 0.3 is 5.97 Å². The Morgan fingerprint density at radius 3 is 2.78 bits per heavy atom. The van der Waals surface area contributed by atoms with Crippen molar-refractivity contribution >= 4 is 29.2 Å². The lowest BCUT2D eigenvalue weighted by Gasteiger charge is -2.02. The maximum Gasteiger partial charge on any atom is 0.322 e. The van der Waals surface area contributed by atoms with Gasteiger partial charge in [0.15, 0.2) is 5.56 Å². The van der Waals surface area contributed by atoms with Gasteiger partial charge in [-0.25, -0.2) is 0 Å². The van der Waals surface area contributed by atoms with E-state index in [4.69, 9.17) is 23.2 Å². The van der Waals surface area contributed by atoms with Crippen molar-refractivity contribution < 1.29 is 9.53 Å². The molecule has 9 heavy (non-hydrogen) atoms. The summed E-state index contributed by atoms with van der Waals surface area (Å²) in [5.41, 5.74) is -0.767. The van der Waals surface area contributed by atoms with Gasteiger partial charge in [0.25, 0.3) is 0 Å². The molecule has 0 fully saturated rings. The minimum atomic E-state index is -0.767. The highest BCUT2D eigenvalue weighted by Crippen LogP contribution is 1.99. The number of ether oxygens (including phenoxy) is 1. The first-order chi connectivity index (χ1) is 4.20. The highest BCUT2D eigenvalue weighted by atomic mass is 35.5. The monoisotopic (exact) mass is 168 g/mol. The molecule has 0 aliphatic carbocycles. The fourth-order valence-electron chi connectivity index (χ4n) is 0.205. The first-order valence-electron chi connectivity index (χ1n) is 2.22. The molecule has 0 heterocycles. The van der Waals surface area contributed by atoms with Crippen molar-refractivity contribution in [2.45, 2.75) is 5.56 Å². The van der Waals surface area contributed by atoms with Crippen molar-refractivity contribution in [3.8, 4) is 0 Å². The highest BCUT2D eigenvalue weighted by Gasteiger charge is 2.04. The lowest BCUT2D eigenvalue weighted by atomic mass is 10.7. The minimum absolute atomic E-state index is 0.183. The summed E-state index contributed by atoms with van der Waals surface area (Å²) in [6.07, 6.45) is 1.30. The van der Waals surface area contributed by atoms with Crippen molar-refractivity contribution in [1.29, 1.82) is 0 Å². The molecule has 0 bridgehead atoms. The number of hydrogen-bond acceptors (Lipinski definition) is 2. The molecule has 1 atom stereocenters. The van der Waals surface area contributed by atoms with Gasteiger partial charge in [-0.05, 0) is 6.08 Å². The predicted molar refractivity (Wildman–Crippen MR) is 36.7 cm³/mol. The van der Waals surface area contributed by atoms with Gasteiger partial charge in [0.2, 0.25) is 0 Å². The van der Waals surface area contributed by atoms with Gasteiger partial charge in [-0.3, -0.25) is 4.79 Å². The third kappa shape index (κ3) is 4.30. The van der Waals surface area contributed by atoms with Crippen LogP contribution in [0.15, 0.2) is 12.7 Å². The zero-order chi connectivity index (χ0) is 7.28. The number of carbonyl (C=O) groups is 1. The molecule has 0 N–H and O–H groups in total. The highest BCUT2D eigenvalue weighted by molar-refractivity contribution is 6.27. The summed E-state index contributed by atoms with van der Waals surface area (Å²) in [5, 5.41) is 0. The van der Waals surface area contributed by atoms with E-state index in [9.17, 15) is 4.79 Å². The molecular weight excluding hydrogens is 163 g/mol. The zero-order valence-electron chi connectivity index (χ0n) is 4.64. The van der Waals surface area contributed by atoms with Gasteiger partial charge in [0.1, 0.15) is 5.88 Å². The fraction of sp³-hybridized carbons (Fsp3) is 0.400. The van der Waals surface area contributed by atoms with Gasteiger partial charge in [-0.2, -0.15) is 0 Å². The molecule has 0 aromatic rings. The second-order valence-electron chi connectivity index (χ2n) is 1.21. The van der Waals surface area contributed by atoms with E-state index in [2.05, 4.69) is 11.3 Å². The molecule has 0 aliphatic heterocycles. The normalized spacial score (nSPS) is 12.2. The molecule has 2 nitrogen and oxygen atoms in total. The Hall–Kier alpha value is -0.210. The minimum Gasteiger partial charge on any atom is -0.441 e. The van der Waals surface area contributed by atoms with E-state index >= 15 is 0 Å². The maximum atomic E-state index is 10.3. The van der Waals surface area contributed by atoms with Gasteiger partial charge in [0, 0.05) is 0 Å². The van der Waals surface area contributed by atoms with Crippen LogP contribution in [0.4, 0.5) is 0 Å². The molecule has 0 spiro atoms. The first-order valence-corrected chi connectivity index (χ1v) is 3.20. The summed E-state index contributed by atoms with van der Waals surface area (Å²) in [4.78, 5) is 10.3. The average Bonchev–Trinajstić information content (AvgIpc) is 1.87. The van der Waals surface area contributed by atoms with Crippen LogP contribution in [0.1, 0.15) is 0 Å². The Bertz CT molecular complexity index is 114. The number of alkyl halides is 2. The summed E-state index contributed by atoms with van der Waals surface area (Å²) in [5.74, 6) is -0.728. The summed E-state index contributed by atoms with van der Waals surface area (Å²) >= 11 is 10.4. The smallest absolute Gasteiger partial charge is 0.322 e. The lowest BCUT2D eigenvalue weighted by molar-refractivity contribution is -0.140. The Labute approximate surface area is 63.4 Å². The molecular formula is C5H6Cl2O2. The Kier molecular flexibility index (Phi) is 4.54. The van der Waals surface area contributed by atoms with E-state index in [1.807, 2.05) is 0 Å². The van der Waals surface area contributed by atoms with Gasteiger partial charge in [-0.1, -0.05) is 18.2 Å². The summed E-state index contributed by atoms with van der Waals surface area (Å²) < 4.78 is 4.43.